The van der Waals surface area contributed by atoms with Crippen LogP contribution >= 0.6 is 0 Å². The third kappa shape index (κ3) is 3.99. The van der Waals surface area contributed by atoms with E-state index in [4.69, 9.17) is 0 Å². The van der Waals surface area contributed by atoms with Crippen LogP contribution in [0.15, 0.2) is 11.6 Å². The van der Waals surface area contributed by atoms with E-state index in [1.54, 1.807) is 0 Å². The molecule has 18 heavy (non-hydrogen) atoms. The van der Waals surface area contributed by atoms with Gasteiger partial charge in [0.05, 0.1) is 0 Å². The van der Waals surface area contributed by atoms with E-state index in [9.17, 15) is 13.2 Å². The summed E-state index contributed by atoms with van der Waals surface area (Å²) < 4.78 is 37.3. The molecule has 1 aliphatic carbocycles. The van der Waals surface area contributed by atoms with Crippen LogP contribution in [0.2, 0.25) is 0 Å². The smallest absolute Gasteiger partial charge is 0.313 e. The summed E-state index contributed by atoms with van der Waals surface area (Å²) in [6.07, 6.45) is 2.44. The molecule has 0 spiro atoms. The van der Waals surface area contributed by atoms with Gasteiger partial charge in [-0.3, -0.25) is 4.90 Å². The Morgan fingerprint density at radius 3 is 2.56 bits per heavy atom. The first-order chi connectivity index (χ1) is 8.55. The number of nitrogens with one attached hydrogen (secondary N) is 1. The minimum absolute atomic E-state index is 0.132. The second-order valence-electron chi connectivity index (χ2n) is 5.21. The van der Waals surface area contributed by atoms with Gasteiger partial charge in [0.25, 0.3) is 0 Å². The van der Waals surface area contributed by atoms with Crippen molar-refractivity contribution in [3.63, 3.8) is 0 Å². The van der Waals surface area contributed by atoms with E-state index in [-0.39, 0.29) is 12.0 Å². The molecule has 2 rings (SSSR count). The molecule has 0 saturated heterocycles. The molecular formula is C13H21F3N2. The maximum atomic E-state index is 12.4. The van der Waals surface area contributed by atoms with Gasteiger partial charge in [-0.1, -0.05) is 18.9 Å². The fourth-order valence-corrected chi connectivity index (χ4v) is 2.73. The van der Waals surface area contributed by atoms with Crippen LogP contribution in [0.4, 0.5) is 13.2 Å². The van der Waals surface area contributed by atoms with Crippen molar-refractivity contribution >= 4 is 0 Å². The quantitative estimate of drug-likeness (QED) is 0.784. The number of hydrogen-bond acceptors (Lipinski definition) is 2. The number of rotatable bonds is 4. The van der Waals surface area contributed by atoms with Gasteiger partial charge in [0.15, 0.2) is 0 Å². The summed E-state index contributed by atoms with van der Waals surface area (Å²) in [6.45, 7) is 2.69. The number of hydrogen-bond donors (Lipinski definition) is 1. The average Bonchev–Trinajstić information content (AvgIpc) is 2.82. The molecular weight excluding hydrogens is 241 g/mol. The molecule has 0 radical (unpaired) electrons. The van der Waals surface area contributed by atoms with Crippen LogP contribution in [-0.2, 0) is 0 Å². The Bertz CT molecular complexity index is 293. The van der Waals surface area contributed by atoms with Crippen LogP contribution in [-0.4, -0.2) is 43.3 Å². The number of alkyl halides is 3. The Balaban J connectivity index is 1.65. The van der Waals surface area contributed by atoms with E-state index >= 15 is 0 Å². The second-order valence-corrected chi connectivity index (χ2v) is 5.21. The van der Waals surface area contributed by atoms with Gasteiger partial charge >= 0.3 is 6.18 Å². The fraction of sp³-hybridized carbons (Fsp3) is 0.846. The molecule has 0 atom stereocenters. The van der Waals surface area contributed by atoms with E-state index in [2.05, 4.69) is 10.2 Å². The molecule has 104 valence electrons. The summed E-state index contributed by atoms with van der Waals surface area (Å²) in [6, 6.07) is 0.635. The molecule has 0 aromatic rings. The Morgan fingerprint density at radius 2 is 2.00 bits per heavy atom. The van der Waals surface area contributed by atoms with Gasteiger partial charge in [0.1, 0.15) is 0 Å². The fourth-order valence-electron chi connectivity index (χ4n) is 2.73. The molecule has 1 heterocycles. The molecule has 0 amide bonds. The highest BCUT2D eigenvalue weighted by atomic mass is 19.4. The van der Waals surface area contributed by atoms with Crippen molar-refractivity contribution in [1.82, 2.24) is 10.2 Å². The van der Waals surface area contributed by atoms with Crippen molar-refractivity contribution in [2.45, 2.75) is 44.3 Å². The molecule has 1 N–H and O–H groups in total. The highest BCUT2D eigenvalue weighted by Gasteiger charge is 2.34. The molecule has 2 nitrogen and oxygen atoms in total. The maximum absolute atomic E-state index is 12.4. The molecule has 0 aromatic carbocycles. The summed E-state index contributed by atoms with van der Waals surface area (Å²) in [4.78, 5) is 2.08. The van der Waals surface area contributed by atoms with E-state index in [1.165, 1.54) is 31.8 Å². The summed E-state index contributed by atoms with van der Waals surface area (Å²) in [5, 5.41) is 3.49. The van der Waals surface area contributed by atoms with Crippen LogP contribution in [0.5, 0.6) is 0 Å². The molecule has 5 heteroatoms. The van der Waals surface area contributed by atoms with Gasteiger partial charge in [-0.2, -0.15) is 13.2 Å². The molecule has 2 aliphatic rings. The molecule has 1 fully saturated rings. The monoisotopic (exact) mass is 262 g/mol. The molecule has 0 unspecified atom stereocenters. The zero-order valence-corrected chi connectivity index (χ0v) is 10.6. The minimum Gasteiger partial charge on any atom is -0.313 e. The number of halogens is 3. The lowest BCUT2D eigenvalue weighted by Crippen LogP contribution is -2.39. The zero-order chi connectivity index (χ0) is 13.0. The van der Waals surface area contributed by atoms with Gasteiger partial charge in [-0.05, 0) is 19.3 Å². The van der Waals surface area contributed by atoms with Crippen molar-refractivity contribution in [1.29, 1.82) is 0 Å². The van der Waals surface area contributed by atoms with Crippen molar-refractivity contribution in [3.05, 3.63) is 11.6 Å². The first-order valence-electron chi connectivity index (χ1n) is 6.77. The van der Waals surface area contributed by atoms with Crippen LogP contribution in [0.1, 0.15) is 32.1 Å². The third-order valence-corrected chi connectivity index (χ3v) is 3.87. The zero-order valence-electron chi connectivity index (χ0n) is 10.6. The predicted molar refractivity (Wildman–Crippen MR) is 65.5 cm³/mol. The standard InChI is InChI=1S/C13H21F3N2/c14-13(15,16)11-5-8-18(9-6-11)10-7-17-12-3-1-2-4-12/h5,12,17H,1-4,6-10H2. The largest absolute Gasteiger partial charge is 0.412 e. The Kier molecular flexibility index (Phi) is 4.67. The average molecular weight is 262 g/mol. The van der Waals surface area contributed by atoms with E-state index in [0.717, 1.165) is 13.1 Å². The first kappa shape index (κ1) is 13.9. The molecule has 1 saturated carbocycles. The minimum atomic E-state index is -4.13. The van der Waals surface area contributed by atoms with Crippen molar-refractivity contribution in [2.75, 3.05) is 26.2 Å². The summed E-state index contributed by atoms with van der Waals surface area (Å²) in [5.74, 6) is 0. The lowest BCUT2D eigenvalue weighted by Gasteiger charge is -2.27. The third-order valence-electron chi connectivity index (χ3n) is 3.87. The van der Waals surface area contributed by atoms with Gasteiger partial charge in [-0.15, -0.1) is 0 Å². The molecule has 1 aliphatic heterocycles. The summed E-state index contributed by atoms with van der Waals surface area (Å²) in [5.41, 5.74) is -0.359. The number of nitrogens with zero attached hydrogens (tertiary/aromatic N) is 1. The normalized spacial score (nSPS) is 23.4. The van der Waals surface area contributed by atoms with Crippen molar-refractivity contribution < 1.29 is 13.2 Å². The topological polar surface area (TPSA) is 15.3 Å². The van der Waals surface area contributed by atoms with Crippen LogP contribution in [0.3, 0.4) is 0 Å². The Hall–Kier alpha value is -0.550. The van der Waals surface area contributed by atoms with E-state index in [1.807, 2.05) is 0 Å². The maximum Gasteiger partial charge on any atom is 0.412 e. The SMILES string of the molecule is FC(F)(F)C1=CCN(CCNC2CCCC2)CC1. The second kappa shape index (κ2) is 6.06. The van der Waals surface area contributed by atoms with Crippen molar-refractivity contribution in [3.8, 4) is 0 Å². The summed E-state index contributed by atoms with van der Waals surface area (Å²) in [7, 11) is 0. The Morgan fingerprint density at radius 1 is 1.28 bits per heavy atom. The van der Waals surface area contributed by atoms with Crippen LogP contribution in [0, 0.1) is 0 Å². The predicted octanol–water partition coefficient (Wildman–Crippen LogP) is 2.71. The van der Waals surface area contributed by atoms with Gasteiger partial charge in [0.2, 0.25) is 0 Å². The van der Waals surface area contributed by atoms with E-state index < -0.39 is 6.18 Å². The van der Waals surface area contributed by atoms with Crippen LogP contribution < -0.4 is 5.32 Å². The molecule has 0 aromatic heterocycles. The Labute approximate surface area is 106 Å². The highest BCUT2D eigenvalue weighted by Crippen LogP contribution is 2.29. The van der Waals surface area contributed by atoms with E-state index in [0.29, 0.717) is 19.1 Å². The summed E-state index contributed by atoms with van der Waals surface area (Å²) >= 11 is 0. The van der Waals surface area contributed by atoms with Gasteiger partial charge in [-0.25, -0.2) is 0 Å². The van der Waals surface area contributed by atoms with Gasteiger partial charge in [0, 0.05) is 37.8 Å². The lowest BCUT2D eigenvalue weighted by atomic mass is 10.1. The van der Waals surface area contributed by atoms with Crippen molar-refractivity contribution in [2.24, 2.45) is 0 Å². The van der Waals surface area contributed by atoms with Gasteiger partial charge < -0.3 is 5.32 Å². The lowest BCUT2D eigenvalue weighted by molar-refractivity contribution is -0.0959. The van der Waals surface area contributed by atoms with Crippen LogP contribution in [0.25, 0.3) is 0 Å². The molecule has 0 bridgehead atoms. The first-order valence-corrected chi connectivity index (χ1v) is 6.77. The highest BCUT2D eigenvalue weighted by molar-refractivity contribution is 5.12.